The summed E-state index contributed by atoms with van der Waals surface area (Å²) in [6.07, 6.45) is 2.99. The average Bonchev–Trinajstić information content (AvgIpc) is 2.24. The number of quaternary nitrogens is 2. The maximum atomic E-state index is 12.9. The van der Waals surface area contributed by atoms with Crippen LogP contribution in [0, 0.1) is 16.7 Å². The molecule has 102 valence electrons. The van der Waals surface area contributed by atoms with Crippen molar-refractivity contribution in [3.05, 3.63) is 0 Å². The zero-order valence-corrected chi connectivity index (χ0v) is 12.3. The molecular weight excluding hydrogens is 224 g/mol. The van der Waals surface area contributed by atoms with Crippen LogP contribution in [0.2, 0.25) is 0 Å². The highest BCUT2D eigenvalue weighted by Crippen LogP contribution is 2.38. The summed E-state index contributed by atoms with van der Waals surface area (Å²) in [7, 11) is 0. The van der Waals surface area contributed by atoms with Crippen molar-refractivity contribution in [1.82, 2.24) is 0 Å². The van der Waals surface area contributed by atoms with Crippen molar-refractivity contribution < 1.29 is 14.6 Å². The number of carbonyl (C=O) groups is 1. The van der Waals surface area contributed by atoms with Crippen LogP contribution in [-0.4, -0.2) is 38.1 Å². The van der Waals surface area contributed by atoms with E-state index in [-0.39, 0.29) is 10.8 Å². The molecule has 3 heteroatoms. The molecule has 18 heavy (non-hydrogen) atoms. The lowest BCUT2D eigenvalue weighted by atomic mass is 9.59. The molecule has 2 unspecified atom stereocenters. The van der Waals surface area contributed by atoms with Crippen LogP contribution in [0.3, 0.4) is 0 Å². The zero-order valence-electron chi connectivity index (χ0n) is 12.3. The number of hydrogen-bond acceptors (Lipinski definition) is 1. The van der Waals surface area contributed by atoms with E-state index in [1.54, 1.807) is 9.80 Å². The molecule has 3 nitrogen and oxygen atoms in total. The first-order chi connectivity index (χ1) is 8.42. The van der Waals surface area contributed by atoms with Gasteiger partial charge in [-0.15, -0.1) is 0 Å². The van der Waals surface area contributed by atoms with Crippen LogP contribution in [0.4, 0.5) is 0 Å². The maximum Gasteiger partial charge on any atom is 0.215 e. The van der Waals surface area contributed by atoms with Crippen LogP contribution in [0.25, 0.3) is 0 Å². The largest absolute Gasteiger partial charge is 0.297 e. The van der Waals surface area contributed by atoms with Crippen molar-refractivity contribution in [2.75, 3.05) is 26.2 Å². The molecule has 0 aromatic heterocycles. The van der Waals surface area contributed by atoms with E-state index in [1.165, 1.54) is 0 Å². The topological polar surface area (TPSA) is 26.0 Å². The fraction of sp³-hybridized carbons (Fsp3) is 0.933. The van der Waals surface area contributed by atoms with E-state index in [1.807, 2.05) is 0 Å². The molecule has 0 radical (unpaired) electrons. The van der Waals surface area contributed by atoms with Gasteiger partial charge in [-0.3, -0.25) is 14.6 Å². The van der Waals surface area contributed by atoms with E-state index >= 15 is 0 Å². The Morgan fingerprint density at radius 2 is 1.78 bits per heavy atom. The highest BCUT2D eigenvalue weighted by atomic mass is 16.1. The molecule has 0 aliphatic carbocycles. The molecule has 0 spiro atoms. The van der Waals surface area contributed by atoms with Crippen molar-refractivity contribution >= 4 is 5.78 Å². The first kappa shape index (κ1) is 12.6. The van der Waals surface area contributed by atoms with Crippen molar-refractivity contribution in [3.63, 3.8) is 0 Å². The van der Waals surface area contributed by atoms with Gasteiger partial charge in [0, 0.05) is 0 Å². The van der Waals surface area contributed by atoms with E-state index in [4.69, 9.17) is 0 Å². The average molecular weight is 252 g/mol. The molecule has 4 aliphatic rings. The fourth-order valence-electron chi connectivity index (χ4n) is 5.52. The van der Waals surface area contributed by atoms with Gasteiger partial charge in [0.1, 0.15) is 10.8 Å². The Morgan fingerprint density at radius 1 is 1.22 bits per heavy atom. The van der Waals surface area contributed by atoms with Crippen molar-refractivity contribution in [2.45, 2.75) is 46.7 Å². The Bertz CT molecular complexity index is 361. The second-order valence-electron chi connectivity index (χ2n) is 7.67. The number of piperidine rings is 2. The minimum atomic E-state index is -0.0261. The van der Waals surface area contributed by atoms with Gasteiger partial charge in [-0.2, -0.15) is 0 Å². The molecule has 0 saturated carbocycles. The summed E-state index contributed by atoms with van der Waals surface area (Å²) >= 11 is 0. The molecule has 4 fully saturated rings. The Hall–Kier alpha value is -0.410. The number of nitrogens with one attached hydrogen (secondary N) is 2. The third-order valence-electron chi connectivity index (χ3n) is 5.67. The van der Waals surface area contributed by atoms with Gasteiger partial charge >= 0.3 is 0 Å². The number of rotatable bonds is 3. The smallest absolute Gasteiger partial charge is 0.215 e. The summed E-state index contributed by atoms with van der Waals surface area (Å²) in [5.41, 5.74) is -0.00220. The van der Waals surface area contributed by atoms with Crippen LogP contribution < -0.4 is 9.80 Å². The predicted octanol–water partition coefficient (Wildman–Crippen LogP) is -0.859. The summed E-state index contributed by atoms with van der Waals surface area (Å²) in [5, 5.41) is 0. The predicted molar refractivity (Wildman–Crippen MR) is 70.5 cm³/mol. The molecular formula is C15H28N2O+2. The molecule has 0 amide bonds. The lowest BCUT2D eigenvalue weighted by Gasteiger charge is -2.60. The van der Waals surface area contributed by atoms with Gasteiger partial charge < -0.3 is 0 Å². The molecule has 4 heterocycles. The molecule has 4 aliphatic heterocycles. The van der Waals surface area contributed by atoms with E-state index in [9.17, 15) is 4.79 Å². The van der Waals surface area contributed by atoms with Gasteiger partial charge in [-0.1, -0.05) is 27.2 Å². The van der Waals surface area contributed by atoms with Crippen LogP contribution in [-0.2, 0) is 4.79 Å². The molecule has 4 saturated heterocycles. The van der Waals surface area contributed by atoms with Crippen LogP contribution in [0.5, 0.6) is 0 Å². The van der Waals surface area contributed by atoms with Gasteiger partial charge in [-0.25, -0.2) is 0 Å². The van der Waals surface area contributed by atoms with Gasteiger partial charge in [0.05, 0.1) is 32.1 Å². The Balaban J connectivity index is 1.97. The first-order valence-corrected chi connectivity index (χ1v) is 7.66. The number of ketones is 1. The van der Waals surface area contributed by atoms with E-state index in [0.29, 0.717) is 5.78 Å². The minimum Gasteiger partial charge on any atom is -0.297 e. The van der Waals surface area contributed by atoms with Crippen LogP contribution in [0.15, 0.2) is 0 Å². The monoisotopic (exact) mass is 252 g/mol. The Kier molecular flexibility index (Phi) is 2.66. The van der Waals surface area contributed by atoms with Gasteiger partial charge in [0.2, 0.25) is 6.17 Å². The summed E-state index contributed by atoms with van der Waals surface area (Å²) in [5.74, 6) is 1.33. The second kappa shape index (κ2) is 3.80. The molecule has 0 aromatic carbocycles. The molecule has 0 aromatic rings. The standard InChI is InChI=1S/C15H26N2O/c1-5-6-15-9-16-7-14(4,13(15)18)8-17(10-15)12(16)11(2)3/h11-12H,5-10H2,1-4H3/p+2. The summed E-state index contributed by atoms with van der Waals surface area (Å²) in [6, 6.07) is 0. The third-order valence-corrected chi connectivity index (χ3v) is 5.67. The SMILES string of the molecule is CCCC12C[NH+]3CC(C)(C[NH+](C1)C3C(C)C)C2=O. The first-order valence-electron chi connectivity index (χ1n) is 7.66. The summed E-state index contributed by atoms with van der Waals surface area (Å²) in [4.78, 5) is 16.3. The summed E-state index contributed by atoms with van der Waals surface area (Å²) < 4.78 is 0. The molecule has 2 atom stereocenters. The number of hydrogen-bond donors (Lipinski definition) is 2. The van der Waals surface area contributed by atoms with Crippen molar-refractivity contribution in [1.29, 1.82) is 0 Å². The number of Topliss-reactive ketones (excluding diaryl/α,β-unsaturated/α-hetero) is 1. The highest BCUT2D eigenvalue weighted by Gasteiger charge is 2.69. The maximum absolute atomic E-state index is 12.9. The lowest BCUT2D eigenvalue weighted by molar-refractivity contribution is -1.17. The molecule has 4 rings (SSSR count). The minimum absolute atomic E-state index is 0.0239. The van der Waals surface area contributed by atoms with Gasteiger partial charge in [0.15, 0.2) is 5.78 Å². The van der Waals surface area contributed by atoms with Crippen LogP contribution >= 0.6 is 0 Å². The second-order valence-corrected chi connectivity index (χ2v) is 7.67. The third kappa shape index (κ3) is 1.47. The number of carbonyl (C=O) groups excluding carboxylic acids is 1. The molecule has 2 N–H and O–H groups in total. The van der Waals surface area contributed by atoms with Gasteiger partial charge in [0.25, 0.3) is 0 Å². The molecule has 4 bridgehead atoms. The van der Waals surface area contributed by atoms with Crippen molar-refractivity contribution in [3.8, 4) is 0 Å². The highest BCUT2D eigenvalue weighted by molar-refractivity contribution is 5.91. The van der Waals surface area contributed by atoms with E-state index < -0.39 is 0 Å². The quantitative estimate of drug-likeness (QED) is 0.672. The normalized spacial score (nSPS) is 50.3. The lowest BCUT2D eigenvalue weighted by Crippen LogP contribution is -3.45. The van der Waals surface area contributed by atoms with E-state index in [0.717, 1.165) is 51.1 Å². The Morgan fingerprint density at radius 3 is 2.22 bits per heavy atom. The van der Waals surface area contributed by atoms with Crippen molar-refractivity contribution in [2.24, 2.45) is 16.7 Å². The summed E-state index contributed by atoms with van der Waals surface area (Å²) in [6.45, 7) is 13.6. The van der Waals surface area contributed by atoms with Gasteiger partial charge in [-0.05, 0) is 13.3 Å². The van der Waals surface area contributed by atoms with Crippen LogP contribution in [0.1, 0.15) is 40.5 Å². The fourth-order valence-corrected chi connectivity index (χ4v) is 5.52. The Labute approximate surface area is 111 Å². The van der Waals surface area contributed by atoms with E-state index in [2.05, 4.69) is 27.7 Å². The zero-order chi connectivity index (χ0) is 13.1.